The van der Waals surface area contributed by atoms with Crippen LogP contribution in [0, 0.1) is 17.6 Å². The molecule has 16 nitrogen and oxygen atoms in total. The zero-order chi connectivity index (χ0) is 49.0. The molecular weight excluding hydrogens is 897 g/mol. The summed E-state index contributed by atoms with van der Waals surface area (Å²) in [6.45, 7) is 9.20. The largest absolute Gasteiger partial charge is 0.388 e. The summed E-state index contributed by atoms with van der Waals surface area (Å²) in [5, 5.41) is 6.21. The highest BCUT2D eigenvalue weighted by Gasteiger charge is 2.33. The van der Waals surface area contributed by atoms with Crippen molar-refractivity contribution in [3.63, 3.8) is 0 Å². The first-order valence-electron chi connectivity index (χ1n) is 24.3. The molecule has 3 fully saturated rings. The van der Waals surface area contributed by atoms with E-state index in [1.165, 1.54) is 16.7 Å². The van der Waals surface area contributed by atoms with Crippen molar-refractivity contribution in [3.8, 4) is 5.69 Å². The second kappa shape index (κ2) is 19.2. The summed E-state index contributed by atoms with van der Waals surface area (Å²) in [6, 6.07) is 15.2. The fourth-order valence-corrected chi connectivity index (χ4v) is 11.1. The Hall–Kier alpha value is -6.76. The van der Waals surface area contributed by atoms with Crippen molar-refractivity contribution in [2.45, 2.75) is 64.2 Å². The molecular formula is C52H59F2N11O5. The first-order valence-corrected chi connectivity index (χ1v) is 24.3. The molecule has 6 aromatic rings. The number of benzene rings is 2. The van der Waals surface area contributed by atoms with E-state index in [9.17, 15) is 24.0 Å². The third-order valence-electron chi connectivity index (χ3n) is 15.1. The number of nitrogens with one attached hydrogen (secondary N) is 2. The van der Waals surface area contributed by atoms with Crippen LogP contribution in [-0.2, 0) is 36.8 Å². The Balaban J connectivity index is 0.711. The van der Waals surface area contributed by atoms with Crippen LogP contribution in [0.5, 0.6) is 0 Å². The minimum absolute atomic E-state index is 0.0252. The molecule has 366 valence electrons. The number of carbonyl (C=O) groups is 3. The van der Waals surface area contributed by atoms with Gasteiger partial charge in [-0.25, -0.2) is 18.6 Å². The fourth-order valence-electron chi connectivity index (χ4n) is 11.1. The van der Waals surface area contributed by atoms with Crippen molar-refractivity contribution in [1.29, 1.82) is 0 Å². The molecule has 3 saturated heterocycles. The van der Waals surface area contributed by atoms with Gasteiger partial charge in [-0.2, -0.15) is 0 Å². The Labute approximate surface area is 403 Å². The Morgan fingerprint density at radius 3 is 2.33 bits per heavy atom. The number of piperazine rings is 1. The van der Waals surface area contributed by atoms with E-state index in [2.05, 4.69) is 37.2 Å². The zero-order valence-electron chi connectivity index (χ0n) is 40.1. The van der Waals surface area contributed by atoms with Crippen LogP contribution >= 0.6 is 0 Å². The molecule has 0 spiro atoms. The van der Waals surface area contributed by atoms with E-state index in [0.717, 1.165) is 84.7 Å². The van der Waals surface area contributed by atoms with Crippen LogP contribution in [0.3, 0.4) is 0 Å². The molecule has 4 aliphatic rings. The fraction of sp³-hybridized carbons (Fsp3) is 0.423. The lowest BCUT2D eigenvalue weighted by molar-refractivity contribution is -0.135. The molecule has 2 atom stereocenters. The van der Waals surface area contributed by atoms with Gasteiger partial charge in [0.2, 0.25) is 11.8 Å². The number of amides is 3. The summed E-state index contributed by atoms with van der Waals surface area (Å²) in [4.78, 5) is 77.7. The van der Waals surface area contributed by atoms with Gasteiger partial charge in [-0.3, -0.25) is 52.9 Å². The van der Waals surface area contributed by atoms with Gasteiger partial charge in [-0.1, -0.05) is 12.1 Å². The van der Waals surface area contributed by atoms with E-state index >= 15 is 8.78 Å². The van der Waals surface area contributed by atoms with Crippen LogP contribution in [-0.4, -0.2) is 126 Å². The van der Waals surface area contributed by atoms with E-state index in [4.69, 9.17) is 0 Å². The van der Waals surface area contributed by atoms with Crippen LogP contribution in [0.4, 0.5) is 14.5 Å². The Morgan fingerprint density at radius 1 is 0.843 bits per heavy atom. The molecule has 70 heavy (non-hydrogen) atoms. The molecule has 0 aliphatic carbocycles. The second-order valence-corrected chi connectivity index (χ2v) is 19.5. The Morgan fingerprint density at radius 2 is 1.63 bits per heavy atom. The molecule has 0 radical (unpaired) electrons. The summed E-state index contributed by atoms with van der Waals surface area (Å²) >= 11 is 0. The van der Waals surface area contributed by atoms with Crippen molar-refractivity contribution in [1.82, 2.24) is 48.2 Å². The maximum Gasteiger partial charge on any atom is 0.329 e. The third kappa shape index (κ3) is 8.99. The summed E-state index contributed by atoms with van der Waals surface area (Å²) in [5.41, 5.74) is 5.80. The number of piperidine rings is 2. The van der Waals surface area contributed by atoms with Gasteiger partial charge in [0.05, 0.1) is 16.7 Å². The predicted octanol–water partition coefficient (Wildman–Crippen LogP) is 5.02. The molecule has 2 aromatic carbocycles. The van der Waals surface area contributed by atoms with Crippen LogP contribution in [0.2, 0.25) is 0 Å². The molecule has 10 rings (SSSR count). The second-order valence-electron chi connectivity index (χ2n) is 19.5. The van der Waals surface area contributed by atoms with E-state index < -0.39 is 23.6 Å². The van der Waals surface area contributed by atoms with Gasteiger partial charge < -0.3 is 14.8 Å². The quantitative estimate of drug-likeness (QED) is 0.169. The highest BCUT2D eigenvalue weighted by molar-refractivity contribution is 6.00. The standard InChI is InChI=1S/C52H59F2N11O5/c1-32-28-61(29-34-5-6-43-45(23-34)59(4)52(70)65(43)44-7-8-46(66)57-50(44)68)21-22-63(32)30-33-10-18-62(19-11-33)51(69)36-24-40(53)48(41(54)25-36)35-12-16-60(17-13-35)31-38-27-39-42(9-15-56-49(39)58(38)3)64-20-14-37(55-2)26-47(64)67/h5-6,9,12,14-15,20,23-27,32-33,44,55H,7-8,10-11,13,16-19,21-22,28-31H2,1-4H3,(H,57,66,68)/t32-,44-/m0/s1. The molecule has 0 unspecified atom stereocenters. The van der Waals surface area contributed by atoms with Gasteiger partial charge in [0.25, 0.3) is 11.5 Å². The number of imidazole rings is 1. The lowest BCUT2D eigenvalue weighted by Gasteiger charge is -2.42. The molecule has 2 N–H and O–H groups in total. The van der Waals surface area contributed by atoms with Crippen molar-refractivity contribution >= 4 is 51.0 Å². The summed E-state index contributed by atoms with van der Waals surface area (Å²) < 4.78 is 38.4. The van der Waals surface area contributed by atoms with Crippen LogP contribution in [0.25, 0.3) is 33.3 Å². The Bertz CT molecular complexity index is 3180. The van der Waals surface area contributed by atoms with Gasteiger partial charge in [0.1, 0.15) is 23.3 Å². The third-order valence-corrected chi connectivity index (χ3v) is 15.1. The van der Waals surface area contributed by atoms with Gasteiger partial charge in [-0.05, 0) is 92.1 Å². The number of hydrogen-bond acceptors (Lipinski definition) is 10. The molecule has 3 amide bonds. The van der Waals surface area contributed by atoms with Crippen molar-refractivity contribution in [3.05, 3.63) is 128 Å². The minimum Gasteiger partial charge on any atom is -0.388 e. The number of aryl methyl sites for hydroxylation is 2. The average Bonchev–Trinajstić information content (AvgIpc) is 3.80. The Kier molecular flexibility index (Phi) is 12.9. The van der Waals surface area contributed by atoms with Crippen molar-refractivity contribution in [2.75, 3.05) is 64.7 Å². The summed E-state index contributed by atoms with van der Waals surface area (Å²) in [7, 11) is 5.42. The van der Waals surface area contributed by atoms with E-state index in [1.54, 1.807) is 46.6 Å². The number of pyridine rings is 2. The van der Waals surface area contributed by atoms with Gasteiger partial charge in [0.15, 0.2) is 0 Å². The number of rotatable bonds is 11. The zero-order valence-corrected chi connectivity index (χ0v) is 40.1. The normalized spacial score (nSPS) is 20.1. The number of anilines is 1. The van der Waals surface area contributed by atoms with Crippen LogP contribution in [0.15, 0.2) is 82.7 Å². The summed E-state index contributed by atoms with van der Waals surface area (Å²) in [6.07, 6.45) is 7.85. The first-order chi connectivity index (χ1) is 33.7. The first kappa shape index (κ1) is 46.9. The lowest BCUT2D eigenvalue weighted by atomic mass is 9.94. The monoisotopic (exact) mass is 955 g/mol. The minimum atomic E-state index is -0.730. The van der Waals surface area contributed by atoms with Gasteiger partial charge in [0, 0.05) is 145 Å². The van der Waals surface area contributed by atoms with E-state index in [0.29, 0.717) is 68.6 Å². The van der Waals surface area contributed by atoms with E-state index in [-0.39, 0.29) is 40.6 Å². The maximum atomic E-state index is 15.8. The predicted molar refractivity (Wildman–Crippen MR) is 264 cm³/mol. The number of halogens is 2. The average molecular weight is 956 g/mol. The highest BCUT2D eigenvalue weighted by atomic mass is 19.1. The van der Waals surface area contributed by atoms with Crippen LogP contribution in [0.1, 0.15) is 72.2 Å². The molecule has 8 heterocycles. The lowest BCUT2D eigenvalue weighted by Crippen LogP contribution is -2.53. The SMILES string of the molecule is CNc1ccn(-c2ccnc3c2cc(CN2CC=C(c4c(F)cc(C(=O)N5CCC(CN6CCN(Cc7ccc8c(c7)n(C)c(=O)n8[C@H]7CCC(=O)NC7=O)C[C@@H]6C)CC5)cc4F)CC2)n3C)c(=O)c1. The number of fused-ring (bicyclic) bond motifs is 2. The molecule has 4 aliphatic heterocycles. The smallest absolute Gasteiger partial charge is 0.329 e. The number of nitrogens with zero attached hydrogens (tertiary/aromatic N) is 9. The summed E-state index contributed by atoms with van der Waals surface area (Å²) in [5.74, 6) is -2.19. The number of aromatic nitrogens is 5. The number of likely N-dealkylation sites (tertiary alicyclic amines) is 1. The molecule has 4 aromatic heterocycles. The number of carbonyl (C=O) groups excluding carboxylic acids is 3. The van der Waals surface area contributed by atoms with Gasteiger partial charge in [-0.15, -0.1) is 0 Å². The van der Waals surface area contributed by atoms with E-state index in [1.807, 2.05) is 54.1 Å². The number of hydrogen-bond donors (Lipinski definition) is 2. The van der Waals surface area contributed by atoms with Crippen molar-refractivity contribution < 1.29 is 23.2 Å². The topological polar surface area (TPSA) is 155 Å². The maximum absolute atomic E-state index is 15.8. The number of imide groups is 1. The molecule has 0 saturated carbocycles. The highest BCUT2D eigenvalue weighted by Crippen LogP contribution is 2.32. The molecule has 18 heteroatoms. The molecule has 0 bridgehead atoms. The van der Waals surface area contributed by atoms with Crippen molar-refractivity contribution in [2.24, 2.45) is 20.0 Å². The van der Waals surface area contributed by atoms with Gasteiger partial charge >= 0.3 is 5.69 Å². The van der Waals surface area contributed by atoms with Crippen LogP contribution < -0.4 is 21.9 Å².